The number of thioether (sulfide) groups is 1. The SMILES string of the molecule is CCOC(=O)c1c(NC(=O)CSc2nnc(CC)n2CC)sc2c1CCCCC2. The number of fused-ring (bicyclic) bond motifs is 1. The number of amides is 1. The van der Waals surface area contributed by atoms with E-state index in [0.717, 1.165) is 55.2 Å². The van der Waals surface area contributed by atoms with E-state index in [0.29, 0.717) is 17.2 Å². The van der Waals surface area contributed by atoms with Gasteiger partial charge in [-0.1, -0.05) is 25.1 Å². The number of aromatic nitrogens is 3. The zero-order valence-corrected chi connectivity index (χ0v) is 18.9. The van der Waals surface area contributed by atoms with Crippen molar-refractivity contribution in [1.82, 2.24) is 14.8 Å². The number of esters is 1. The van der Waals surface area contributed by atoms with Crippen molar-refractivity contribution in [3.8, 4) is 0 Å². The maximum absolute atomic E-state index is 12.6. The molecule has 0 saturated heterocycles. The molecule has 1 N–H and O–H groups in total. The third-order valence-corrected chi connectivity index (χ3v) is 7.09. The Bertz CT molecular complexity index is 875. The fourth-order valence-corrected chi connectivity index (χ4v) is 5.66. The highest BCUT2D eigenvalue weighted by Crippen LogP contribution is 2.38. The molecule has 1 amide bonds. The first-order chi connectivity index (χ1) is 14.1. The molecule has 0 fully saturated rings. The van der Waals surface area contributed by atoms with Crippen LogP contribution in [-0.4, -0.2) is 39.0 Å². The Balaban J connectivity index is 1.74. The molecule has 2 aromatic rings. The molecule has 2 aromatic heterocycles. The lowest BCUT2D eigenvalue weighted by atomic mass is 10.1. The lowest BCUT2D eigenvalue weighted by Gasteiger charge is -2.09. The number of nitrogens with zero attached hydrogens (tertiary/aromatic N) is 3. The van der Waals surface area contributed by atoms with E-state index in [4.69, 9.17) is 4.74 Å². The first-order valence-corrected chi connectivity index (χ1v) is 12.1. The molecule has 0 saturated carbocycles. The molecule has 29 heavy (non-hydrogen) atoms. The van der Waals surface area contributed by atoms with Gasteiger partial charge in [-0.05, 0) is 45.1 Å². The smallest absolute Gasteiger partial charge is 0.341 e. The minimum Gasteiger partial charge on any atom is -0.462 e. The molecule has 0 unspecified atom stereocenters. The molecule has 0 radical (unpaired) electrons. The van der Waals surface area contributed by atoms with Gasteiger partial charge in [0.05, 0.1) is 17.9 Å². The van der Waals surface area contributed by atoms with E-state index >= 15 is 0 Å². The second kappa shape index (κ2) is 10.2. The van der Waals surface area contributed by atoms with Crippen molar-refractivity contribution in [2.45, 2.75) is 71.0 Å². The molecule has 3 rings (SSSR count). The minimum atomic E-state index is -0.340. The molecule has 0 bridgehead atoms. The summed E-state index contributed by atoms with van der Waals surface area (Å²) >= 11 is 2.88. The van der Waals surface area contributed by atoms with Crippen LogP contribution in [0.5, 0.6) is 0 Å². The van der Waals surface area contributed by atoms with E-state index in [-0.39, 0.29) is 17.6 Å². The molecule has 0 spiro atoms. The predicted octanol–water partition coefficient (Wildman–Crippen LogP) is 4.10. The van der Waals surface area contributed by atoms with Crippen LogP contribution < -0.4 is 5.32 Å². The van der Waals surface area contributed by atoms with Crippen LogP contribution in [0.3, 0.4) is 0 Å². The Labute approximate surface area is 179 Å². The first kappa shape index (κ1) is 21.8. The number of anilines is 1. The summed E-state index contributed by atoms with van der Waals surface area (Å²) in [5, 5.41) is 12.7. The number of ether oxygens (including phenoxy) is 1. The lowest BCUT2D eigenvalue weighted by Crippen LogP contribution is -2.17. The molecule has 158 valence electrons. The summed E-state index contributed by atoms with van der Waals surface area (Å²) in [7, 11) is 0. The standard InChI is InChI=1S/C20H28N4O3S2/c1-4-15-22-23-20(24(15)5-2)28-12-16(25)21-18-17(19(26)27-6-3)13-10-8-7-9-11-14(13)29-18/h4-12H2,1-3H3,(H,21,25). The van der Waals surface area contributed by atoms with Crippen LogP contribution >= 0.6 is 23.1 Å². The van der Waals surface area contributed by atoms with Crippen molar-refractivity contribution in [1.29, 1.82) is 0 Å². The molecule has 0 aromatic carbocycles. The van der Waals surface area contributed by atoms with E-state index < -0.39 is 0 Å². The van der Waals surface area contributed by atoms with E-state index in [2.05, 4.69) is 15.5 Å². The van der Waals surface area contributed by atoms with Gasteiger partial charge in [0, 0.05) is 17.8 Å². The number of rotatable bonds is 8. The van der Waals surface area contributed by atoms with Gasteiger partial charge in [0.1, 0.15) is 10.8 Å². The Morgan fingerprint density at radius 1 is 1.17 bits per heavy atom. The van der Waals surface area contributed by atoms with E-state index in [1.165, 1.54) is 34.4 Å². The van der Waals surface area contributed by atoms with Crippen molar-refractivity contribution in [2.75, 3.05) is 17.7 Å². The van der Waals surface area contributed by atoms with Crippen LogP contribution in [0.15, 0.2) is 5.16 Å². The monoisotopic (exact) mass is 436 g/mol. The quantitative estimate of drug-likeness (QED) is 0.381. The molecule has 0 aliphatic heterocycles. The van der Waals surface area contributed by atoms with Gasteiger partial charge in [0.25, 0.3) is 0 Å². The summed E-state index contributed by atoms with van der Waals surface area (Å²) in [6, 6.07) is 0. The zero-order valence-electron chi connectivity index (χ0n) is 17.2. The van der Waals surface area contributed by atoms with E-state index in [9.17, 15) is 9.59 Å². The normalized spacial score (nSPS) is 13.6. The Hall–Kier alpha value is -1.87. The molecule has 0 atom stereocenters. The minimum absolute atomic E-state index is 0.152. The summed E-state index contributed by atoms with van der Waals surface area (Å²) < 4.78 is 7.30. The fraction of sp³-hybridized carbons (Fsp3) is 0.600. The van der Waals surface area contributed by atoms with Crippen LogP contribution in [0.4, 0.5) is 5.00 Å². The van der Waals surface area contributed by atoms with Gasteiger partial charge >= 0.3 is 5.97 Å². The van der Waals surface area contributed by atoms with Gasteiger partial charge in [0.15, 0.2) is 5.16 Å². The topological polar surface area (TPSA) is 86.1 Å². The van der Waals surface area contributed by atoms with Crippen LogP contribution in [0.2, 0.25) is 0 Å². The molecule has 1 aliphatic rings. The number of hydrogen-bond donors (Lipinski definition) is 1. The molecular formula is C20H28N4O3S2. The highest BCUT2D eigenvalue weighted by Gasteiger charge is 2.26. The van der Waals surface area contributed by atoms with Crippen LogP contribution in [0.25, 0.3) is 0 Å². The van der Waals surface area contributed by atoms with Gasteiger partial charge < -0.3 is 14.6 Å². The highest BCUT2D eigenvalue weighted by atomic mass is 32.2. The van der Waals surface area contributed by atoms with Gasteiger partial charge in [-0.25, -0.2) is 4.79 Å². The number of nitrogens with one attached hydrogen (secondary N) is 1. The summed E-state index contributed by atoms with van der Waals surface area (Å²) in [5.41, 5.74) is 1.62. The summed E-state index contributed by atoms with van der Waals surface area (Å²) in [4.78, 5) is 26.4. The second-order valence-electron chi connectivity index (χ2n) is 6.82. The van der Waals surface area contributed by atoms with Crippen LogP contribution in [0, 0.1) is 0 Å². The Kier molecular flexibility index (Phi) is 7.71. The number of carbonyl (C=O) groups is 2. The summed E-state index contributed by atoms with van der Waals surface area (Å²) in [6.45, 7) is 6.96. The van der Waals surface area contributed by atoms with Gasteiger partial charge in [-0.15, -0.1) is 21.5 Å². The van der Waals surface area contributed by atoms with E-state index in [1.54, 1.807) is 6.92 Å². The maximum atomic E-state index is 12.6. The average Bonchev–Trinajstić information content (AvgIpc) is 3.18. The van der Waals surface area contributed by atoms with Crippen LogP contribution in [0.1, 0.15) is 66.7 Å². The summed E-state index contributed by atoms with van der Waals surface area (Å²) in [5.74, 6) is 0.642. The number of carbonyl (C=O) groups excluding carboxylic acids is 2. The molecule has 1 aliphatic carbocycles. The molecule has 9 heteroatoms. The molecular weight excluding hydrogens is 408 g/mol. The molecule has 2 heterocycles. The first-order valence-electron chi connectivity index (χ1n) is 10.2. The van der Waals surface area contributed by atoms with Gasteiger partial charge in [0.2, 0.25) is 5.91 Å². The Morgan fingerprint density at radius 3 is 2.69 bits per heavy atom. The Morgan fingerprint density at radius 2 is 1.97 bits per heavy atom. The fourth-order valence-electron chi connectivity index (χ4n) is 3.55. The zero-order chi connectivity index (χ0) is 20.8. The third-order valence-electron chi connectivity index (χ3n) is 4.91. The summed E-state index contributed by atoms with van der Waals surface area (Å²) in [6.07, 6.45) is 5.97. The predicted molar refractivity (Wildman–Crippen MR) is 116 cm³/mol. The van der Waals surface area contributed by atoms with Crippen molar-refractivity contribution in [2.24, 2.45) is 0 Å². The third kappa shape index (κ3) is 5.01. The second-order valence-corrected chi connectivity index (χ2v) is 8.87. The number of thiophene rings is 1. The average molecular weight is 437 g/mol. The van der Waals surface area contributed by atoms with E-state index in [1.807, 2.05) is 18.4 Å². The maximum Gasteiger partial charge on any atom is 0.341 e. The number of aryl methyl sites for hydroxylation is 2. The number of hydrogen-bond acceptors (Lipinski definition) is 7. The van der Waals surface area contributed by atoms with Gasteiger partial charge in [-0.3, -0.25) is 4.79 Å². The van der Waals surface area contributed by atoms with Crippen molar-refractivity contribution in [3.05, 3.63) is 21.8 Å². The highest BCUT2D eigenvalue weighted by molar-refractivity contribution is 7.99. The van der Waals surface area contributed by atoms with Crippen molar-refractivity contribution >= 4 is 40.0 Å². The molecule has 7 nitrogen and oxygen atoms in total. The lowest BCUT2D eigenvalue weighted by molar-refractivity contribution is -0.113. The van der Waals surface area contributed by atoms with Crippen molar-refractivity contribution in [3.63, 3.8) is 0 Å². The van der Waals surface area contributed by atoms with Crippen molar-refractivity contribution < 1.29 is 14.3 Å². The largest absolute Gasteiger partial charge is 0.462 e. The van der Waals surface area contributed by atoms with Gasteiger partial charge in [-0.2, -0.15) is 0 Å². The van der Waals surface area contributed by atoms with Crippen LogP contribution in [-0.2, 0) is 35.3 Å².